The van der Waals surface area contributed by atoms with Crippen molar-refractivity contribution in [1.82, 2.24) is 14.8 Å². The maximum absolute atomic E-state index is 12.4. The van der Waals surface area contributed by atoms with Crippen LogP contribution in [0.2, 0.25) is 0 Å². The number of rotatable bonds is 4. The molecule has 20 heavy (non-hydrogen) atoms. The van der Waals surface area contributed by atoms with Crippen molar-refractivity contribution in [2.24, 2.45) is 0 Å². The zero-order valence-electron chi connectivity index (χ0n) is 11.9. The van der Waals surface area contributed by atoms with Crippen molar-refractivity contribution in [3.8, 4) is 0 Å². The highest BCUT2D eigenvalue weighted by Gasteiger charge is 2.26. The number of aliphatic carboxylic acids is 1. The van der Waals surface area contributed by atoms with Crippen LogP contribution in [0.5, 0.6) is 0 Å². The van der Waals surface area contributed by atoms with E-state index in [9.17, 15) is 9.59 Å². The van der Waals surface area contributed by atoms with Gasteiger partial charge in [-0.1, -0.05) is 0 Å². The number of carboxylic acid groups (broad SMARTS) is 1. The second-order valence-electron chi connectivity index (χ2n) is 5.21. The average molecular weight is 279 g/mol. The van der Waals surface area contributed by atoms with Crippen LogP contribution in [0.25, 0.3) is 0 Å². The quantitative estimate of drug-likeness (QED) is 0.861. The predicted octanol–water partition coefficient (Wildman–Crippen LogP) is 0.958. The van der Waals surface area contributed by atoms with Gasteiger partial charge in [0.1, 0.15) is 11.7 Å². The minimum atomic E-state index is -0.999. The minimum absolute atomic E-state index is 0.247. The molecule has 0 saturated carbocycles. The molecule has 0 aromatic carbocycles. The van der Waals surface area contributed by atoms with Crippen LogP contribution in [0.4, 0.5) is 0 Å². The first kappa shape index (κ1) is 14.6. The molecule has 0 radical (unpaired) electrons. The molecule has 1 amide bonds. The van der Waals surface area contributed by atoms with Gasteiger partial charge in [-0.25, -0.2) is 4.79 Å². The van der Waals surface area contributed by atoms with Crippen molar-refractivity contribution in [3.63, 3.8) is 0 Å². The second kappa shape index (κ2) is 6.09. The van der Waals surface area contributed by atoms with E-state index in [1.165, 1.54) is 18.9 Å². The Bertz CT molecular complexity index is 492. The fourth-order valence-electron chi connectivity index (χ4n) is 2.50. The topological polar surface area (TPSA) is 74.6 Å². The summed E-state index contributed by atoms with van der Waals surface area (Å²) in [5.74, 6) is -1.25. The van der Waals surface area contributed by atoms with Crippen LogP contribution in [-0.2, 0) is 4.79 Å². The standard InChI is InChI=1S/C14H21N3O3/c1-10(14(19)20)16(2)13(18)12-4-3-9-17(12)11-5-7-15-8-6-11/h3-4,9-11,15H,5-8H2,1-2H3,(H,19,20). The zero-order chi connectivity index (χ0) is 14.7. The van der Waals surface area contributed by atoms with E-state index in [1.807, 2.05) is 16.8 Å². The summed E-state index contributed by atoms with van der Waals surface area (Å²) in [5, 5.41) is 12.3. The molecule has 0 aliphatic carbocycles. The average Bonchev–Trinajstić information content (AvgIpc) is 2.95. The number of carbonyl (C=O) groups excluding carboxylic acids is 1. The molecular weight excluding hydrogens is 258 g/mol. The Labute approximate surface area is 118 Å². The molecule has 1 fully saturated rings. The summed E-state index contributed by atoms with van der Waals surface area (Å²) in [4.78, 5) is 24.7. The van der Waals surface area contributed by atoms with Crippen molar-refractivity contribution < 1.29 is 14.7 Å². The zero-order valence-corrected chi connectivity index (χ0v) is 11.9. The number of carbonyl (C=O) groups is 2. The smallest absolute Gasteiger partial charge is 0.326 e. The lowest BCUT2D eigenvalue weighted by atomic mass is 10.1. The Morgan fingerprint density at radius 2 is 2.10 bits per heavy atom. The first-order valence-electron chi connectivity index (χ1n) is 6.90. The number of hydrogen-bond acceptors (Lipinski definition) is 3. The van der Waals surface area contributed by atoms with Crippen molar-refractivity contribution in [3.05, 3.63) is 24.0 Å². The monoisotopic (exact) mass is 279 g/mol. The summed E-state index contributed by atoms with van der Waals surface area (Å²) in [6, 6.07) is 3.07. The number of hydrogen-bond donors (Lipinski definition) is 2. The summed E-state index contributed by atoms with van der Waals surface area (Å²) in [6.07, 6.45) is 3.86. The van der Waals surface area contributed by atoms with Gasteiger partial charge in [-0.3, -0.25) is 4.79 Å². The molecule has 1 aliphatic rings. The number of nitrogens with zero attached hydrogens (tertiary/aromatic N) is 2. The van der Waals surface area contributed by atoms with Gasteiger partial charge in [-0.05, 0) is 45.0 Å². The van der Waals surface area contributed by atoms with Crippen LogP contribution in [0.3, 0.4) is 0 Å². The Morgan fingerprint density at radius 1 is 1.45 bits per heavy atom. The molecule has 110 valence electrons. The van der Waals surface area contributed by atoms with E-state index in [1.54, 1.807) is 6.07 Å². The first-order valence-corrected chi connectivity index (χ1v) is 6.90. The molecule has 1 aromatic heterocycles. The molecule has 1 aliphatic heterocycles. The molecule has 0 spiro atoms. The number of piperidine rings is 1. The predicted molar refractivity (Wildman–Crippen MR) is 74.8 cm³/mol. The Morgan fingerprint density at radius 3 is 2.70 bits per heavy atom. The molecule has 1 aromatic rings. The number of amides is 1. The third-order valence-corrected chi connectivity index (χ3v) is 3.96. The minimum Gasteiger partial charge on any atom is -0.480 e. The summed E-state index contributed by atoms with van der Waals surface area (Å²) >= 11 is 0. The number of likely N-dealkylation sites (N-methyl/N-ethyl adjacent to an activating group) is 1. The van der Waals surface area contributed by atoms with E-state index in [2.05, 4.69) is 5.32 Å². The molecule has 2 N–H and O–H groups in total. The third-order valence-electron chi connectivity index (χ3n) is 3.96. The lowest BCUT2D eigenvalue weighted by Gasteiger charge is -2.28. The van der Waals surface area contributed by atoms with E-state index in [4.69, 9.17) is 5.11 Å². The first-order chi connectivity index (χ1) is 9.52. The van der Waals surface area contributed by atoms with E-state index in [0.29, 0.717) is 11.7 Å². The van der Waals surface area contributed by atoms with Gasteiger partial charge in [0.15, 0.2) is 0 Å². The van der Waals surface area contributed by atoms with Gasteiger partial charge in [0.25, 0.3) is 5.91 Å². The van der Waals surface area contributed by atoms with E-state index >= 15 is 0 Å². The maximum Gasteiger partial charge on any atom is 0.326 e. The fourth-order valence-corrected chi connectivity index (χ4v) is 2.50. The van der Waals surface area contributed by atoms with Gasteiger partial charge < -0.3 is 19.9 Å². The molecule has 2 heterocycles. The molecule has 1 saturated heterocycles. The van der Waals surface area contributed by atoms with Crippen LogP contribution in [0, 0.1) is 0 Å². The molecule has 1 atom stereocenters. The van der Waals surface area contributed by atoms with Crippen LogP contribution in [0.1, 0.15) is 36.3 Å². The number of carboxylic acids is 1. The maximum atomic E-state index is 12.4. The van der Waals surface area contributed by atoms with E-state index < -0.39 is 12.0 Å². The summed E-state index contributed by atoms with van der Waals surface area (Å²) in [5.41, 5.74) is 0.563. The summed E-state index contributed by atoms with van der Waals surface area (Å²) in [7, 11) is 1.53. The molecule has 0 bridgehead atoms. The van der Waals surface area contributed by atoms with Gasteiger partial charge in [0, 0.05) is 19.3 Å². The highest BCUT2D eigenvalue weighted by atomic mass is 16.4. The highest BCUT2D eigenvalue weighted by molar-refractivity contribution is 5.95. The lowest BCUT2D eigenvalue weighted by molar-refractivity contribution is -0.141. The van der Waals surface area contributed by atoms with Gasteiger partial charge >= 0.3 is 5.97 Å². The van der Waals surface area contributed by atoms with Gasteiger partial charge in [-0.2, -0.15) is 0 Å². The van der Waals surface area contributed by atoms with Gasteiger partial charge in [0.2, 0.25) is 0 Å². The Kier molecular flexibility index (Phi) is 4.44. The molecule has 1 unspecified atom stereocenters. The lowest BCUT2D eigenvalue weighted by Crippen LogP contribution is -2.41. The van der Waals surface area contributed by atoms with Crippen LogP contribution < -0.4 is 5.32 Å². The van der Waals surface area contributed by atoms with Crippen molar-refractivity contribution >= 4 is 11.9 Å². The van der Waals surface area contributed by atoms with Crippen LogP contribution >= 0.6 is 0 Å². The molecule has 6 nitrogen and oxygen atoms in total. The Hall–Kier alpha value is -1.82. The van der Waals surface area contributed by atoms with Crippen molar-refractivity contribution in [2.45, 2.75) is 31.8 Å². The highest BCUT2D eigenvalue weighted by Crippen LogP contribution is 2.22. The fraction of sp³-hybridized carbons (Fsp3) is 0.571. The van der Waals surface area contributed by atoms with Crippen molar-refractivity contribution in [2.75, 3.05) is 20.1 Å². The molecular formula is C14H21N3O3. The SMILES string of the molecule is CC(C(=O)O)N(C)C(=O)c1cccn1C1CCNCC1. The Balaban J connectivity index is 2.18. The van der Waals surface area contributed by atoms with Crippen LogP contribution in [-0.4, -0.2) is 52.6 Å². The molecule has 2 rings (SSSR count). The van der Waals surface area contributed by atoms with Crippen molar-refractivity contribution in [1.29, 1.82) is 0 Å². The van der Waals surface area contributed by atoms with E-state index in [-0.39, 0.29) is 5.91 Å². The van der Waals surface area contributed by atoms with Gasteiger partial charge in [-0.15, -0.1) is 0 Å². The normalized spacial score (nSPS) is 17.7. The summed E-state index contributed by atoms with van der Waals surface area (Å²) in [6.45, 7) is 3.40. The van der Waals surface area contributed by atoms with Crippen LogP contribution in [0.15, 0.2) is 18.3 Å². The number of nitrogens with one attached hydrogen (secondary N) is 1. The summed E-state index contributed by atoms with van der Waals surface area (Å²) < 4.78 is 1.98. The largest absolute Gasteiger partial charge is 0.480 e. The van der Waals surface area contributed by atoms with E-state index in [0.717, 1.165) is 25.9 Å². The second-order valence-corrected chi connectivity index (χ2v) is 5.21. The molecule has 6 heteroatoms. The third kappa shape index (κ3) is 2.85. The van der Waals surface area contributed by atoms with Gasteiger partial charge in [0.05, 0.1) is 0 Å². The number of aromatic nitrogens is 1.